The number of hydrogen-bond donors (Lipinski definition) is 2. The molecule has 0 saturated heterocycles. The van der Waals surface area contributed by atoms with Crippen LogP contribution in [0.3, 0.4) is 0 Å². The van der Waals surface area contributed by atoms with Crippen LogP contribution < -0.4 is 10.1 Å². The molecular weight excluding hydrogens is 274 g/mol. The molecule has 0 saturated carbocycles. The maximum Gasteiger partial charge on any atom is 0.329 e. The van der Waals surface area contributed by atoms with Crippen LogP contribution in [-0.2, 0) is 14.3 Å². The van der Waals surface area contributed by atoms with Gasteiger partial charge in [0, 0.05) is 6.54 Å². The third-order valence-corrected chi connectivity index (χ3v) is 2.70. The second-order valence-electron chi connectivity index (χ2n) is 4.57. The van der Waals surface area contributed by atoms with E-state index in [0.717, 1.165) is 5.56 Å². The molecule has 1 aromatic carbocycles. The van der Waals surface area contributed by atoms with E-state index in [0.29, 0.717) is 12.2 Å². The number of carbonyl (C=O) groups excluding carboxylic acids is 1. The minimum Gasteiger partial charge on any atom is -0.481 e. The SMILES string of the molecule is CCC(Oc1cccc(C)c1)C(=O)NCCOCC(=O)O. The van der Waals surface area contributed by atoms with Gasteiger partial charge in [-0.3, -0.25) is 4.79 Å². The molecule has 0 aliphatic carbocycles. The van der Waals surface area contributed by atoms with Crippen molar-refractivity contribution in [1.29, 1.82) is 0 Å². The van der Waals surface area contributed by atoms with Crippen molar-refractivity contribution >= 4 is 11.9 Å². The van der Waals surface area contributed by atoms with E-state index in [4.69, 9.17) is 14.6 Å². The summed E-state index contributed by atoms with van der Waals surface area (Å²) in [4.78, 5) is 22.2. The Bertz CT molecular complexity index is 475. The number of carbonyl (C=O) groups is 2. The number of ether oxygens (including phenoxy) is 2. The van der Waals surface area contributed by atoms with Gasteiger partial charge < -0.3 is 19.9 Å². The minimum absolute atomic E-state index is 0.152. The van der Waals surface area contributed by atoms with Gasteiger partial charge in [-0.25, -0.2) is 4.79 Å². The van der Waals surface area contributed by atoms with Crippen molar-refractivity contribution in [2.24, 2.45) is 0 Å². The molecule has 1 atom stereocenters. The first-order valence-corrected chi connectivity index (χ1v) is 6.83. The maximum atomic E-state index is 12.0. The summed E-state index contributed by atoms with van der Waals surface area (Å²) in [7, 11) is 0. The van der Waals surface area contributed by atoms with Gasteiger partial charge in [0.1, 0.15) is 12.4 Å². The number of hydrogen-bond acceptors (Lipinski definition) is 4. The highest BCUT2D eigenvalue weighted by Gasteiger charge is 2.17. The Morgan fingerprint density at radius 1 is 1.38 bits per heavy atom. The third-order valence-electron chi connectivity index (χ3n) is 2.70. The quantitative estimate of drug-likeness (QED) is 0.672. The fourth-order valence-corrected chi connectivity index (χ4v) is 1.69. The molecule has 1 aromatic rings. The van der Waals surface area contributed by atoms with Crippen LogP contribution in [0, 0.1) is 6.92 Å². The number of carboxylic acid groups (broad SMARTS) is 1. The van der Waals surface area contributed by atoms with Crippen LogP contribution in [-0.4, -0.2) is 42.8 Å². The summed E-state index contributed by atoms with van der Waals surface area (Å²) in [6.07, 6.45) is -0.0401. The van der Waals surface area contributed by atoms with Crippen molar-refractivity contribution in [1.82, 2.24) is 5.32 Å². The number of aliphatic carboxylic acids is 1. The Morgan fingerprint density at radius 2 is 2.14 bits per heavy atom. The zero-order valence-electron chi connectivity index (χ0n) is 12.3. The molecule has 1 unspecified atom stereocenters. The molecule has 0 radical (unpaired) electrons. The first kappa shape index (κ1) is 17.0. The summed E-state index contributed by atoms with van der Waals surface area (Å²) in [5.74, 6) is -0.618. The highest BCUT2D eigenvalue weighted by Crippen LogP contribution is 2.15. The van der Waals surface area contributed by atoms with Gasteiger partial charge in [0.05, 0.1) is 6.61 Å². The molecule has 21 heavy (non-hydrogen) atoms. The average Bonchev–Trinajstić information content (AvgIpc) is 2.44. The molecule has 0 fully saturated rings. The summed E-state index contributed by atoms with van der Waals surface area (Å²) in [6.45, 7) is 3.85. The normalized spacial score (nSPS) is 11.7. The highest BCUT2D eigenvalue weighted by molar-refractivity contribution is 5.81. The lowest BCUT2D eigenvalue weighted by atomic mass is 10.2. The molecule has 6 nitrogen and oxygen atoms in total. The molecule has 1 amide bonds. The lowest BCUT2D eigenvalue weighted by molar-refractivity contribution is -0.142. The largest absolute Gasteiger partial charge is 0.481 e. The van der Waals surface area contributed by atoms with Gasteiger partial charge >= 0.3 is 5.97 Å². The Kier molecular flexibility index (Phi) is 7.25. The van der Waals surface area contributed by atoms with Crippen molar-refractivity contribution in [2.45, 2.75) is 26.4 Å². The van der Waals surface area contributed by atoms with Crippen LogP contribution in [0.15, 0.2) is 24.3 Å². The molecule has 0 bridgehead atoms. The number of nitrogens with one attached hydrogen (secondary N) is 1. The monoisotopic (exact) mass is 295 g/mol. The Morgan fingerprint density at radius 3 is 2.76 bits per heavy atom. The number of benzene rings is 1. The molecule has 0 heterocycles. The first-order valence-electron chi connectivity index (χ1n) is 6.83. The van der Waals surface area contributed by atoms with Gasteiger partial charge in [0.25, 0.3) is 5.91 Å². The van der Waals surface area contributed by atoms with Crippen molar-refractivity contribution in [3.8, 4) is 5.75 Å². The smallest absolute Gasteiger partial charge is 0.329 e. The minimum atomic E-state index is -1.03. The van der Waals surface area contributed by atoms with Crippen LogP contribution in [0.2, 0.25) is 0 Å². The van der Waals surface area contributed by atoms with E-state index < -0.39 is 12.1 Å². The maximum absolute atomic E-state index is 12.0. The molecule has 116 valence electrons. The van der Waals surface area contributed by atoms with E-state index in [2.05, 4.69) is 5.32 Å². The van der Waals surface area contributed by atoms with Gasteiger partial charge in [-0.2, -0.15) is 0 Å². The first-order chi connectivity index (χ1) is 10.0. The van der Waals surface area contributed by atoms with E-state index in [1.54, 1.807) is 6.07 Å². The van der Waals surface area contributed by atoms with Crippen molar-refractivity contribution in [3.05, 3.63) is 29.8 Å². The highest BCUT2D eigenvalue weighted by atomic mass is 16.5. The summed E-state index contributed by atoms with van der Waals surface area (Å²) in [6, 6.07) is 7.49. The Labute approximate surface area is 124 Å². The van der Waals surface area contributed by atoms with Crippen LogP contribution in [0.25, 0.3) is 0 Å². The van der Waals surface area contributed by atoms with E-state index >= 15 is 0 Å². The summed E-state index contributed by atoms with van der Waals surface area (Å²) >= 11 is 0. The van der Waals surface area contributed by atoms with E-state index in [-0.39, 0.29) is 25.7 Å². The summed E-state index contributed by atoms with van der Waals surface area (Å²) in [5.41, 5.74) is 1.06. The van der Waals surface area contributed by atoms with Gasteiger partial charge in [0.2, 0.25) is 0 Å². The number of rotatable bonds is 9. The number of amides is 1. The Balaban J connectivity index is 2.37. The number of carboxylic acids is 1. The molecule has 6 heteroatoms. The fourth-order valence-electron chi connectivity index (χ4n) is 1.69. The second kappa shape index (κ2) is 8.97. The van der Waals surface area contributed by atoms with Crippen LogP contribution in [0.4, 0.5) is 0 Å². The van der Waals surface area contributed by atoms with Crippen LogP contribution >= 0.6 is 0 Å². The third kappa shape index (κ3) is 6.76. The average molecular weight is 295 g/mol. The van der Waals surface area contributed by atoms with Crippen LogP contribution in [0.1, 0.15) is 18.9 Å². The van der Waals surface area contributed by atoms with Gasteiger partial charge in [0.15, 0.2) is 6.10 Å². The van der Waals surface area contributed by atoms with E-state index in [1.165, 1.54) is 0 Å². The van der Waals surface area contributed by atoms with Crippen molar-refractivity contribution < 1.29 is 24.2 Å². The van der Waals surface area contributed by atoms with E-state index in [1.807, 2.05) is 32.0 Å². The van der Waals surface area contributed by atoms with E-state index in [9.17, 15) is 9.59 Å². The van der Waals surface area contributed by atoms with Crippen LogP contribution in [0.5, 0.6) is 5.75 Å². The lowest BCUT2D eigenvalue weighted by Gasteiger charge is -2.17. The number of aryl methyl sites for hydroxylation is 1. The standard InChI is InChI=1S/C15H21NO5/c1-3-13(21-12-6-4-5-11(2)9-12)15(19)16-7-8-20-10-14(17)18/h4-6,9,13H,3,7-8,10H2,1-2H3,(H,16,19)(H,17,18). The lowest BCUT2D eigenvalue weighted by Crippen LogP contribution is -2.39. The molecular formula is C15H21NO5. The fraction of sp³-hybridized carbons (Fsp3) is 0.467. The predicted molar refractivity (Wildman–Crippen MR) is 77.4 cm³/mol. The van der Waals surface area contributed by atoms with Crippen molar-refractivity contribution in [3.63, 3.8) is 0 Å². The van der Waals surface area contributed by atoms with Gasteiger partial charge in [-0.05, 0) is 31.0 Å². The predicted octanol–water partition coefficient (Wildman–Crippen LogP) is 1.37. The molecule has 0 spiro atoms. The molecule has 1 rings (SSSR count). The summed E-state index contributed by atoms with van der Waals surface area (Å²) < 4.78 is 10.5. The summed E-state index contributed by atoms with van der Waals surface area (Å²) in [5, 5.41) is 11.1. The molecule has 0 aliphatic heterocycles. The van der Waals surface area contributed by atoms with Gasteiger partial charge in [-0.1, -0.05) is 19.1 Å². The zero-order chi connectivity index (χ0) is 15.7. The molecule has 2 N–H and O–H groups in total. The topological polar surface area (TPSA) is 84.9 Å². The van der Waals surface area contributed by atoms with Gasteiger partial charge in [-0.15, -0.1) is 0 Å². The molecule has 0 aliphatic rings. The zero-order valence-corrected chi connectivity index (χ0v) is 12.3. The molecule has 0 aromatic heterocycles. The second-order valence-corrected chi connectivity index (χ2v) is 4.57. The van der Waals surface area contributed by atoms with Crippen molar-refractivity contribution in [2.75, 3.05) is 19.8 Å². The Hall–Kier alpha value is -2.08.